The molecule has 5 nitrogen and oxygen atoms in total. The zero-order valence-corrected chi connectivity index (χ0v) is 12.5. The van der Waals surface area contributed by atoms with E-state index in [1.54, 1.807) is 11.0 Å². The lowest BCUT2D eigenvalue weighted by atomic mass is 10.1. The zero-order chi connectivity index (χ0) is 14.8. The molecule has 0 unspecified atom stereocenters. The first kappa shape index (κ1) is 14.7. The molecule has 1 aromatic heterocycles. The van der Waals surface area contributed by atoms with Crippen LogP contribution in [0.3, 0.4) is 0 Å². The van der Waals surface area contributed by atoms with Crippen LogP contribution in [0.25, 0.3) is 5.69 Å². The number of hydrogen-bond donors (Lipinski definition) is 1. The highest BCUT2D eigenvalue weighted by molar-refractivity contribution is 5.41. The van der Waals surface area contributed by atoms with Crippen LogP contribution in [-0.2, 0) is 6.54 Å². The summed E-state index contributed by atoms with van der Waals surface area (Å²) < 4.78 is 1.76. The van der Waals surface area contributed by atoms with Crippen molar-refractivity contribution in [3.05, 3.63) is 42.0 Å². The van der Waals surface area contributed by atoms with E-state index < -0.39 is 5.60 Å². The summed E-state index contributed by atoms with van der Waals surface area (Å²) in [7, 11) is 2.01. The second-order valence-electron chi connectivity index (χ2n) is 5.95. The van der Waals surface area contributed by atoms with Crippen LogP contribution in [0.5, 0.6) is 0 Å². The molecule has 0 spiro atoms. The van der Waals surface area contributed by atoms with Gasteiger partial charge in [0.1, 0.15) is 12.7 Å². The van der Waals surface area contributed by atoms with Gasteiger partial charge in [0, 0.05) is 13.1 Å². The third kappa shape index (κ3) is 3.88. The van der Waals surface area contributed by atoms with E-state index in [4.69, 9.17) is 0 Å². The Labute approximate surface area is 119 Å². The van der Waals surface area contributed by atoms with Gasteiger partial charge in [-0.15, -0.1) is 0 Å². The Kier molecular flexibility index (Phi) is 4.20. The van der Waals surface area contributed by atoms with Gasteiger partial charge >= 0.3 is 0 Å². The largest absolute Gasteiger partial charge is 0.389 e. The topological polar surface area (TPSA) is 54.2 Å². The van der Waals surface area contributed by atoms with E-state index in [1.807, 2.05) is 20.9 Å². The fraction of sp³-hybridized carbons (Fsp3) is 0.467. The van der Waals surface area contributed by atoms with E-state index in [2.05, 4.69) is 40.1 Å². The van der Waals surface area contributed by atoms with Gasteiger partial charge in [0.05, 0.1) is 11.3 Å². The smallest absolute Gasteiger partial charge is 0.138 e. The number of aromatic nitrogens is 3. The highest BCUT2D eigenvalue weighted by atomic mass is 16.3. The minimum atomic E-state index is -0.676. The summed E-state index contributed by atoms with van der Waals surface area (Å²) in [6, 6.07) is 6.29. The van der Waals surface area contributed by atoms with Crippen molar-refractivity contribution < 1.29 is 5.11 Å². The quantitative estimate of drug-likeness (QED) is 0.903. The average Bonchev–Trinajstić information content (AvgIpc) is 2.79. The van der Waals surface area contributed by atoms with Gasteiger partial charge in [-0.05, 0) is 45.0 Å². The van der Waals surface area contributed by atoms with Crippen LogP contribution < -0.4 is 0 Å². The Bertz CT molecular complexity index is 558. The van der Waals surface area contributed by atoms with Crippen LogP contribution in [0.1, 0.15) is 25.0 Å². The first-order chi connectivity index (χ1) is 9.35. The van der Waals surface area contributed by atoms with E-state index in [0.29, 0.717) is 6.54 Å². The second kappa shape index (κ2) is 5.73. The Morgan fingerprint density at radius 1 is 1.35 bits per heavy atom. The Balaban J connectivity index is 2.10. The number of aryl methyl sites for hydroxylation is 1. The summed E-state index contributed by atoms with van der Waals surface area (Å²) in [5, 5.41) is 14.0. The number of benzene rings is 1. The van der Waals surface area contributed by atoms with Gasteiger partial charge in [-0.2, -0.15) is 5.10 Å². The van der Waals surface area contributed by atoms with E-state index in [0.717, 1.165) is 17.8 Å². The molecule has 1 N–H and O–H groups in total. The zero-order valence-electron chi connectivity index (χ0n) is 12.5. The molecule has 1 aromatic carbocycles. The molecule has 0 fully saturated rings. The lowest BCUT2D eigenvalue weighted by Gasteiger charge is -2.25. The molecule has 0 aliphatic rings. The molecule has 0 aliphatic carbocycles. The summed E-state index contributed by atoms with van der Waals surface area (Å²) >= 11 is 0. The van der Waals surface area contributed by atoms with E-state index in [-0.39, 0.29) is 0 Å². The maximum absolute atomic E-state index is 9.83. The van der Waals surface area contributed by atoms with Gasteiger partial charge in [-0.3, -0.25) is 4.90 Å². The standard InChI is InChI=1S/C15H22N4O/c1-12-7-13(8-18(4)9-15(2,3)20)5-6-14(12)19-11-16-10-17-19/h5-7,10-11,20H,8-9H2,1-4H3. The Hall–Kier alpha value is -1.72. The summed E-state index contributed by atoms with van der Waals surface area (Å²) in [6.07, 6.45) is 3.23. The minimum Gasteiger partial charge on any atom is -0.389 e. The van der Waals surface area contributed by atoms with Crippen molar-refractivity contribution in [2.75, 3.05) is 13.6 Å². The van der Waals surface area contributed by atoms with Crippen molar-refractivity contribution in [3.63, 3.8) is 0 Å². The lowest BCUT2D eigenvalue weighted by molar-refractivity contribution is 0.0425. The molecule has 20 heavy (non-hydrogen) atoms. The van der Waals surface area contributed by atoms with Gasteiger partial charge in [0.25, 0.3) is 0 Å². The fourth-order valence-corrected chi connectivity index (χ4v) is 2.43. The molecule has 0 amide bonds. The normalized spacial score (nSPS) is 12.1. The van der Waals surface area contributed by atoms with Crippen LogP contribution in [0.4, 0.5) is 0 Å². The van der Waals surface area contributed by atoms with Gasteiger partial charge in [-0.25, -0.2) is 9.67 Å². The minimum absolute atomic E-state index is 0.636. The second-order valence-corrected chi connectivity index (χ2v) is 5.95. The molecular weight excluding hydrogens is 252 g/mol. The van der Waals surface area contributed by atoms with Gasteiger partial charge in [0.2, 0.25) is 0 Å². The average molecular weight is 274 g/mol. The van der Waals surface area contributed by atoms with Crippen molar-refractivity contribution in [1.82, 2.24) is 19.7 Å². The molecule has 0 saturated carbocycles. The highest BCUT2D eigenvalue weighted by Gasteiger charge is 2.15. The van der Waals surface area contributed by atoms with E-state index >= 15 is 0 Å². The Morgan fingerprint density at radius 2 is 2.10 bits per heavy atom. The number of hydrogen-bond acceptors (Lipinski definition) is 4. The van der Waals surface area contributed by atoms with Crippen molar-refractivity contribution in [2.24, 2.45) is 0 Å². The first-order valence-electron chi connectivity index (χ1n) is 6.70. The van der Waals surface area contributed by atoms with E-state index in [1.165, 1.54) is 11.9 Å². The molecule has 5 heteroatoms. The molecule has 0 radical (unpaired) electrons. The number of likely N-dealkylation sites (N-methyl/N-ethyl adjacent to an activating group) is 1. The predicted octanol–water partition coefficient (Wildman–Crippen LogP) is 1.78. The summed E-state index contributed by atoms with van der Waals surface area (Å²) in [6.45, 7) is 7.15. The molecule has 0 aliphatic heterocycles. The molecule has 0 atom stereocenters. The van der Waals surface area contributed by atoms with Crippen LogP contribution >= 0.6 is 0 Å². The molecule has 108 valence electrons. The van der Waals surface area contributed by atoms with Gasteiger partial charge in [0.15, 0.2) is 0 Å². The van der Waals surface area contributed by atoms with Crippen molar-refractivity contribution in [2.45, 2.75) is 32.9 Å². The molecule has 1 heterocycles. The summed E-state index contributed by atoms with van der Waals surface area (Å²) in [5.74, 6) is 0. The van der Waals surface area contributed by atoms with Crippen molar-refractivity contribution in [3.8, 4) is 5.69 Å². The fourth-order valence-electron chi connectivity index (χ4n) is 2.43. The molecule has 0 bridgehead atoms. The van der Waals surface area contributed by atoms with Crippen LogP contribution in [0.15, 0.2) is 30.9 Å². The van der Waals surface area contributed by atoms with Crippen molar-refractivity contribution in [1.29, 1.82) is 0 Å². The summed E-state index contributed by atoms with van der Waals surface area (Å²) in [4.78, 5) is 6.08. The van der Waals surface area contributed by atoms with Gasteiger partial charge in [-0.1, -0.05) is 12.1 Å². The van der Waals surface area contributed by atoms with Gasteiger partial charge < -0.3 is 5.11 Å². The Morgan fingerprint density at radius 3 is 2.65 bits per heavy atom. The number of nitrogens with zero attached hydrogens (tertiary/aromatic N) is 4. The van der Waals surface area contributed by atoms with Crippen LogP contribution in [-0.4, -0.2) is 44.0 Å². The lowest BCUT2D eigenvalue weighted by Crippen LogP contribution is -2.35. The first-order valence-corrected chi connectivity index (χ1v) is 6.70. The molecule has 2 rings (SSSR count). The SMILES string of the molecule is Cc1cc(CN(C)CC(C)(C)O)ccc1-n1cncn1. The van der Waals surface area contributed by atoms with Crippen molar-refractivity contribution >= 4 is 0 Å². The number of rotatable bonds is 5. The molecular formula is C15H22N4O. The van der Waals surface area contributed by atoms with Crippen LogP contribution in [0, 0.1) is 6.92 Å². The predicted molar refractivity (Wildman–Crippen MR) is 78.7 cm³/mol. The summed E-state index contributed by atoms with van der Waals surface area (Å²) in [5.41, 5.74) is 2.74. The van der Waals surface area contributed by atoms with E-state index in [9.17, 15) is 5.11 Å². The third-order valence-electron chi connectivity index (χ3n) is 3.04. The third-order valence-corrected chi connectivity index (χ3v) is 3.04. The highest BCUT2D eigenvalue weighted by Crippen LogP contribution is 2.16. The molecule has 2 aromatic rings. The number of aliphatic hydroxyl groups is 1. The monoisotopic (exact) mass is 274 g/mol. The molecule has 0 saturated heterocycles. The maximum atomic E-state index is 9.83. The van der Waals surface area contributed by atoms with Crippen LogP contribution in [0.2, 0.25) is 0 Å². The maximum Gasteiger partial charge on any atom is 0.138 e.